The summed E-state index contributed by atoms with van der Waals surface area (Å²) in [5.41, 5.74) is -0.0845. The lowest BCUT2D eigenvalue weighted by atomic mass is 9.76. The maximum Gasteiger partial charge on any atom is 0.242 e. The molecular formula is C16H24N2O3. The number of hydrogen-bond acceptors (Lipinski definition) is 3. The van der Waals surface area contributed by atoms with Crippen molar-refractivity contribution in [1.29, 1.82) is 0 Å². The van der Waals surface area contributed by atoms with E-state index in [2.05, 4.69) is 0 Å². The summed E-state index contributed by atoms with van der Waals surface area (Å²) in [6, 6.07) is 0. The van der Waals surface area contributed by atoms with Gasteiger partial charge in [-0.2, -0.15) is 0 Å². The van der Waals surface area contributed by atoms with Gasteiger partial charge < -0.3 is 4.90 Å². The predicted molar refractivity (Wildman–Crippen MR) is 77.3 cm³/mol. The number of piperidine rings is 2. The van der Waals surface area contributed by atoms with Crippen molar-refractivity contribution in [2.24, 2.45) is 5.41 Å². The highest BCUT2D eigenvalue weighted by molar-refractivity contribution is 6.01. The van der Waals surface area contributed by atoms with Crippen molar-refractivity contribution in [1.82, 2.24) is 9.80 Å². The lowest BCUT2D eigenvalue weighted by molar-refractivity contribution is -0.157. The van der Waals surface area contributed by atoms with Gasteiger partial charge in [-0.3, -0.25) is 19.3 Å². The van der Waals surface area contributed by atoms with Crippen molar-refractivity contribution in [3.05, 3.63) is 0 Å². The lowest BCUT2D eigenvalue weighted by Gasteiger charge is -2.38. The SMILES string of the molecule is O=C(CN1C(=O)CC2(CCCC2)CC1=O)N1CCCCC1. The van der Waals surface area contributed by atoms with Gasteiger partial charge >= 0.3 is 0 Å². The van der Waals surface area contributed by atoms with Gasteiger partial charge in [0.25, 0.3) is 0 Å². The van der Waals surface area contributed by atoms with Gasteiger partial charge in [-0.15, -0.1) is 0 Å². The van der Waals surface area contributed by atoms with Gasteiger partial charge in [0.15, 0.2) is 0 Å². The molecule has 0 aromatic carbocycles. The first kappa shape index (κ1) is 14.5. The third kappa shape index (κ3) is 2.97. The van der Waals surface area contributed by atoms with Crippen LogP contribution >= 0.6 is 0 Å². The van der Waals surface area contributed by atoms with Crippen LogP contribution in [0.5, 0.6) is 0 Å². The maximum absolute atomic E-state index is 12.3. The molecule has 0 aromatic heterocycles. The molecule has 0 bridgehead atoms. The number of carbonyl (C=O) groups is 3. The standard InChI is InChI=1S/C16H24N2O3/c19-13-10-16(6-2-3-7-16)11-14(20)18(13)12-15(21)17-8-4-1-5-9-17/h1-12H2. The van der Waals surface area contributed by atoms with E-state index < -0.39 is 0 Å². The van der Waals surface area contributed by atoms with E-state index >= 15 is 0 Å². The molecule has 0 atom stereocenters. The Bertz CT molecular complexity index is 428. The second-order valence-corrected chi connectivity index (χ2v) is 6.88. The molecule has 0 radical (unpaired) electrons. The highest BCUT2D eigenvalue weighted by Crippen LogP contribution is 2.46. The van der Waals surface area contributed by atoms with E-state index in [1.54, 1.807) is 4.90 Å². The quantitative estimate of drug-likeness (QED) is 0.728. The number of likely N-dealkylation sites (tertiary alicyclic amines) is 2. The third-order valence-electron chi connectivity index (χ3n) is 5.32. The molecule has 3 aliphatic rings. The summed E-state index contributed by atoms with van der Waals surface area (Å²) >= 11 is 0. The zero-order valence-corrected chi connectivity index (χ0v) is 12.6. The number of carbonyl (C=O) groups excluding carboxylic acids is 3. The Labute approximate surface area is 125 Å². The summed E-state index contributed by atoms with van der Waals surface area (Å²) in [6.07, 6.45) is 8.32. The lowest BCUT2D eigenvalue weighted by Crippen LogP contribution is -2.52. The van der Waals surface area contributed by atoms with Crippen molar-refractivity contribution >= 4 is 17.7 Å². The molecular weight excluding hydrogens is 268 g/mol. The van der Waals surface area contributed by atoms with Gasteiger partial charge in [-0.05, 0) is 37.5 Å². The van der Waals surface area contributed by atoms with Crippen LogP contribution in [0.25, 0.3) is 0 Å². The van der Waals surface area contributed by atoms with Crippen molar-refractivity contribution in [3.63, 3.8) is 0 Å². The van der Waals surface area contributed by atoms with Crippen LogP contribution in [0.2, 0.25) is 0 Å². The minimum atomic E-state index is -0.140. The van der Waals surface area contributed by atoms with Gasteiger partial charge in [0.1, 0.15) is 6.54 Å². The van der Waals surface area contributed by atoms with E-state index in [1.807, 2.05) is 0 Å². The highest BCUT2D eigenvalue weighted by Gasteiger charge is 2.45. The Morgan fingerprint density at radius 1 is 0.905 bits per heavy atom. The van der Waals surface area contributed by atoms with Crippen molar-refractivity contribution < 1.29 is 14.4 Å². The molecule has 2 saturated heterocycles. The zero-order chi connectivity index (χ0) is 14.9. The van der Waals surface area contributed by atoms with Crippen LogP contribution in [0, 0.1) is 5.41 Å². The molecule has 2 aliphatic heterocycles. The predicted octanol–water partition coefficient (Wildman–Crippen LogP) is 1.71. The minimum Gasteiger partial charge on any atom is -0.341 e. The molecule has 5 nitrogen and oxygen atoms in total. The smallest absolute Gasteiger partial charge is 0.242 e. The molecule has 3 amide bonds. The average molecular weight is 292 g/mol. The molecule has 116 valence electrons. The molecule has 0 N–H and O–H groups in total. The Balaban J connectivity index is 1.62. The first-order chi connectivity index (χ1) is 10.1. The molecule has 3 rings (SSSR count). The molecule has 1 aliphatic carbocycles. The second-order valence-electron chi connectivity index (χ2n) is 6.88. The monoisotopic (exact) mass is 292 g/mol. The molecule has 5 heteroatoms. The van der Waals surface area contributed by atoms with Crippen LogP contribution in [-0.4, -0.2) is 47.2 Å². The van der Waals surface area contributed by atoms with Gasteiger partial charge in [0, 0.05) is 25.9 Å². The van der Waals surface area contributed by atoms with Crippen molar-refractivity contribution in [2.75, 3.05) is 19.6 Å². The Kier molecular flexibility index (Phi) is 4.00. The summed E-state index contributed by atoms with van der Waals surface area (Å²) in [5, 5.41) is 0. The largest absolute Gasteiger partial charge is 0.341 e. The maximum atomic E-state index is 12.3. The second kappa shape index (κ2) is 5.78. The van der Waals surface area contributed by atoms with E-state index in [0.717, 1.165) is 58.0 Å². The fourth-order valence-corrected chi connectivity index (χ4v) is 4.07. The normalized spacial score (nSPS) is 25.7. The molecule has 2 heterocycles. The summed E-state index contributed by atoms with van der Waals surface area (Å²) < 4.78 is 0. The number of hydrogen-bond donors (Lipinski definition) is 0. The Morgan fingerprint density at radius 3 is 2.05 bits per heavy atom. The van der Waals surface area contributed by atoms with E-state index in [9.17, 15) is 14.4 Å². The summed E-state index contributed by atoms with van der Waals surface area (Å²) in [6.45, 7) is 1.48. The van der Waals surface area contributed by atoms with Crippen molar-refractivity contribution in [2.45, 2.75) is 57.8 Å². The van der Waals surface area contributed by atoms with Crippen LogP contribution in [0.3, 0.4) is 0 Å². The van der Waals surface area contributed by atoms with Crippen LogP contribution in [0.1, 0.15) is 57.8 Å². The topological polar surface area (TPSA) is 57.7 Å². The molecule has 0 unspecified atom stereocenters. The fourth-order valence-electron chi connectivity index (χ4n) is 4.07. The van der Waals surface area contributed by atoms with E-state index in [0.29, 0.717) is 12.8 Å². The molecule has 1 saturated carbocycles. The first-order valence-corrected chi connectivity index (χ1v) is 8.21. The van der Waals surface area contributed by atoms with Gasteiger partial charge in [0.2, 0.25) is 17.7 Å². The van der Waals surface area contributed by atoms with E-state index in [-0.39, 0.29) is 29.7 Å². The molecule has 3 fully saturated rings. The number of amides is 3. The Morgan fingerprint density at radius 2 is 1.48 bits per heavy atom. The van der Waals surface area contributed by atoms with Gasteiger partial charge in [-0.25, -0.2) is 0 Å². The summed E-state index contributed by atoms with van der Waals surface area (Å²) in [5.74, 6) is -0.351. The number of imide groups is 1. The molecule has 0 aromatic rings. The van der Waals surface area contributed by atoms with Crippen molar-refractivity contribution in [3.8, 4) is 0 Å². The zero-order valence-electron chi connectivity index (χ0n) is 12.6. The average Bonchev–Trinajstić information content (AvgIpc) is 2.91. The Hall–Kier alpha value is -1.39. The molecule has 1 spiro atoms. The molecule has 21 heavy (non-hydrogen) atoms. The summed E-state index contributed by atoms with van der Waals surface area (Å²) in [7, 11) is 0. The van der Waals surface area contributed by atoms with Crippen LogP contribution in [-0.2, 0) is 14.4 Å². The van der Waals surface area contributed by atoms with Crippen LogP contribution in [0.4, 0.5) is 0 Å². The summed E-state index contributed by atoms with van der Waals surface area (Å²) in [4.78, 5) is 39.9. The van der Waals surface area contributed by atoms with Gasteiger partial charge in [-0.1, -0.05) is 12.8 Å². The first-order valence-electron chi connectivity index (χ1n) is 8.21. The third-order valence-corrected chi connectivity index (χ3v) is 5.32. The van der Waals surface area contributed by atoms with Gasteiger partial charge in [0.05, 0.1) is 0 Å². The van der Waals surface area contributed by atoms with E-state index in [1.165, 1.54) is 4.90 Å². The van der Waals surface area contributed by atoms with Crippen LogP contribution in [0.15, 0.2) is 0 Å². The number of nitrogens with zero attached hydrogens (tertiary/aromatic N) is 2. The number of rotatable bonds is 2. The highest BCUT2D eigenvalue weighted by atomic mass is 16.2. The van der Waals surface area contributed by atoms with E-state index in [4.69, 9.17) is 0 Å². The van der Waals surface area contributed by atoms with Crippen LogP contribution < -0.4 is 0 Å². The minimum absolute atomic E-state index is 0.0479. The fraction of sp³-hybridized carbons (Fsp3) is 0.812.